The summed E-state index contributed by atoms with van der Waals surface area (Å²) in [6, 6.07) is 1.81. The summed E-state index contributed by atoms with van der Waals surface area (Å²) in [6.07, 6.45) is 4.11. The molecule has 0 fully saturated rings. The molecule has 1 rings (SSSR count). The van der Waals surface area contributed by atoms with Gasteiger partial charge in [-0.2, -0.15) is 0 Å². The van der Waals surface area contributed by atoms with Crippen LogP contribution in [0.2, 0.25) is 0 Å². The summed E-state index contributed by atoms with van der Waals surface area (Å²) in [6.45, 7) is 5.14. The molecule has 0 atom stereocenters. The first-order valence-electron chi connectivity index (χ1n) is 3.97. The van der Waals surface area contributed by atoms with E-state index in [9.17, 15) is 0 Å². The normalized spacial score (nSPS) is 7.92. The van der Waals surface area contributed by atoms with E-state index < -0.39 is 0 Å². The summed E-state index contributed by atoms with van der Waals surface area (Å²) >= 11 is 0. The second-order valence-electron chi connectivity index (χ2n) is 2.35. The molecule has 72 valence electrons. The molecule has 1 heterocycles. The highest BCUT2D eigenvalue weighted by molar-refractivity contribution is 4.89. The fourth-order valence-corrected chi connectivity index (χ4v) is 0.523. The molecule has 0 radical (unpaired) electrons. The Kier molecular flexibility index (Phi) is 12.6. The molecule has 0 spiro atoms. The summed E-state index contributed by atoms with van der Waals surface area (Å²) in [5.41, 5.74) is 4.60. The van der Waals surface area contributed by atoms with E-state index in [0.717, 1.165) is 12.2 Å². The molecule has 0 aliphatic rings. The van der Waals surface area contributed by atoms with E-state index in [1.807, 2.05) is 6.92 Å². The molecule has 0 unspecified atom stereocenters. The Morgan fingerprint density at radius 3 is 2.33 bits per heavy atom. The van der Waals surface area contributed by atoms with Crippen molar-refractivity contribution in [3.63, 3.8) is 0 Å². The molecule has 3 N–H and O–H groups in total. The maximum Gasteiger partial charge on any atom is 0.124 e. The average molecular weight is 237 g/mol. The van der Waals surface area contributed by atoms with Gasteiger partial charge in [0.05, 0.1) is 12.2 Å². The number of aromatic nitrogens is 1. The van der Waals surface area contributed by atoms with Crippen LogP contribution in [0.15, 0.2) is 16.9 Å². The van der Waals surface area contributed by atoms with Gasteiger partial charge in [0.25, 0.3) is 0 Å². The number of quaternary nitrogens is 1. The van der Waals surface area contributed by atoms with E-state index in [-0.39, 0.29) is 17.0 Å². The van der Waals surface area contributed by atoms with Gasteiger partial charge in [-0.1, -0.05) is 18.5 Å². The van der Waals surface area contributed by atoms with Crippen LogP contribution in [0.4, 0.5) is 0 Å². The van der Waals surface area contributed by atoms with Crippen LogP contribution in [0, 0.1) is 6.92 Å². The molecule has 1 aromatic rings. The fraction of sp³-hybridized carbons (Fsp3) is 0.625. The van der Waals surface area contributed by atoms with Crippen LogP contribution in [0.1, 0.15) is 25.5 Å². The second kappa shape index (κ2) is 10.7. The van der Waals surface area contributed by atoms with Crippen LogP contribution in [-0.2, 0) is 0 Å². The van der Waals surface area contributed by atoms with Crippen molar-refractivity contribution in [3.8, 4) is 0 Å². The van der Waals surface area contributed by atoms with Gasteiger partial charge in [-0.15, -0.1) is 0 Å². The third-order valence-electron chi connectivity index (χ3n) is 1.17. The molecule has 4 heteroatoms. The van der Waals surface area contributed by atoms with E-state index in [0.29, 0.717) is 0 Å². The zero-order valence-corrected chi connectivity index (χ0v) is 9.30. The Hall–Kier alpha value is -0.350. The summed E-state index contributed by atoms with van der Waals surface area (Å²) in [7, 11) is 0. The number of nitrogens with zero attached hydrogens (tertiary/aromatic N) is 1. The Morgan fingerprint density at radius 1 is 1.58 bits per heavy atom. The van der Waals surface area contributed by atoms with Crippen LogP contribution in [0.3, 0.4) is 0 Å². The van der Waals surface area contributed by atoms with Crippen LogP contribution in [-0.4, -0.2) is 11.7 Å². The molecule has 0 aromatic carbocycles. The maximum absolute atomic E-state index is 4.46. The number of hydrogen-bond acceptors (Lipinski definition) is 2. The molecule has 0 aliphatic carbocycles. The summed E-state index contributed by atoms with van der Waals surface area (Å²) in [4.78, 5) is 0. The Labute approximate surface area is 84.1 Å². The molecular weight excluding hydrogens is 220 g/mol. The standard InChI is InChI=1S/C4H5NO.C4H11N.BrH/c1-4-2-3-6-5-4;1-2-3-4-5;/h2-3H,1H3;2-5H2,1H3;1H. The van der Waals surface area contributed by atoms with Crippen LogP contribution >= 0.6 is 0 Å². The lowest BCUT2D eigenvalue weighted by molar-refractivity contribution is -0.368. The van der Waals surface area contributed by atoms with E-state index in [1.165, 1.54) is 12.8 Å². The van der Waals surface area contributed by atoms with Gasteiger partial charge in [0.1, 0.15) is 6.26 Å². The van der Waals surface area contributed by atoms with Crippen molar-refractivity contribution in [2.24, 2.45) is 0 Å². The third-order valence-corrected chi connectivity index (χ3v) is 1.17. The Balaban J connectivity index is 0. The van der Waals surface area contributed by atoms with Crippen LogP contribution < -0.4 is 22.7 Å². The lowest BCUT2D eigenvalue weighted by Crippen LogP contribution is -3.00. The van der Waals surface area contributed by atoms with Crippen molar-refractivity contribution in [1.29, 1.82) is 0 Å². The minimum atomic E-state index is 0. The van der Waals surface area contributed by atoms with Gasteiger partial charge >= 0.3 is 0 Å². The molecule has 3 nitrogen and oxygen atoms in total. The molecule has 1 aromatic heterocycles. The number of hydrogen-bond donors (Lipinski definition) is 1. The zero-order valence-electron chi connectivity index (χ0n) is 7.72. The van der Waals surface area contributed by atoms with Crippen LogP contribution in [0.5, 0.6) is 0 Å². The molecular formula is C8H17BrN2O. The van der Waals surface area contributed by atoms with Crippen molar-refractivity contribution in [1.82, 2.24) is 5.16 Å². The first-order valence-corrected chi connectivity index (χ1v) is 3.97. The largest absolute Gasteiger partial charge is 1.00 e. The Bertz CT molecular complexity index is 152. The predicted molar refractivity (Wildman–Crippen MR) is 43.9 cm³/mol. The number of aryl methyl sites for hydroxylation is 1. The summed E-state index contributed by atoms with van der Waals surface area (Å²) < 4.78 is 4.46. The monoisotopic (exact) mass is 236 g/mol. The molecule has 0 bridgehead atoms. The van der Waals surface area contributed by atoms with E-state index >= 15 is 0 Å². The first-order chi connectivity index (χ1) is 5.31. The van der Waals surface area contributed by atoms with Crippen molar-refractivity contribution in [3.05, 3.63) is 18.0 Å². The van der Waals surface area contributed by atoms with E-state index in [2.05, 4.69) is 22.3 Å². The third kappa shape index (κ3) is 9.65. The maximum atomic E-state index is 4.46. The predicted octanol–water partition coefficient (Wildman–Crippen LogP) is -1.98. The van der Waals surface area contributed by atoms with Gasteiger partial charge in [-0.3, -0.25) is 0 Å². The van der Waals surface area contributed by atoms with Crippen molar-refractivity contribution in [2.75, 3.05) is 6.54 Å². The van der Waals surface area contributed by atoms with Crippen molar-refractivity contribution in [2.45, 2.75) is 26.7 Å². The lowest BCUT2D eigenvalue weighted by Gasteiger charge is -1.77. The number of halogens is 1. The SMILES string of the molecule is CCCC[NH3+].Cc1ccon1.[Br-]. The van der Waals surface area contributed by atoms with Crippen molar-refractivity contribution < 1.29 is 27.2 Å². The molecule has 0 amide bonds. The van der Waals surface area contributed by atoms with E-state index in [1.54, 1.807) is 12.3 Å². The highest BCUT2D eigenvalue weighted by Gasteiger charge is 1.78. The fourth-order valence-electron chi connectivity index (χ4n) is 0.523. The molecule has 12 heavy (non-hydrogen) atoms. The zero-order chi connectivity index (χ0) is 8.53. The number of rotatable bonds is 2. The molecule has 0 aliphatic heterocycles. The van der Waals surface area contributed by atoms with Crippen LogP contribution in [0.25, 0.3) is 0 Å². The number of unbranched alkanes of at least 4 members (excludes halogenated alkanes) is 1. The molecule has 0 saturated heterocycles. The minimum absolute atomic E-state index is 0. The second-order valence-corrected chi connectivity index (χ2v) is 2.35. The molecule has 0 saturated carbocycles. The highest BCUT2D eigenvalue weighted by atomic mass is 79.9. The minimum Gasteiger partial charge on any atom is -1.00 e. The smallest absolute Gasteiger partial charge is 0.124 e. The van der Waals surface area contributed by atoms with Gasteiger partial charge < -0.3 is 27.2 Å². The summed E-state index contributed by atoms with van der Waals surface area (Å²) in [5, 5.41) is 3.54. The highest BCUT2D eigenvalue weighted by Crippen LogP contribution is 1.86. The Morgan fingerprint density at radius 2 is 2.25 bits per heavy atom. The average Bonchev–Trinajstić information content (AvgIpc) is 2.43. The van der Waals surface area contributed by atoms with Gasteiger partial charge in [0, 0.05) is 6.07 Å². The van der Waals surface area contributed by atoms with Gasteiger partial charge in [0.15, 0.2) is 0 Å². The van der Waals surface area contributed by atoms with Gasteiger partial charge in [-0.25, -0.2) is 0 Å². The quantitative estimate of drug-likeness (QED) is 0.647. The summed E-state index contributed by atoms with van der Waals surface area (Å²) in [5.74, 6) is 0. The van der Waals surface area contributed by atoms with E-state index in [4.69, 9.17) is 0 Å². The lowest BCUT2D eigenvalue weighted by atomic mass is 10.3. The topological polar surface area (TPSA) is 53.7 Å². The first kappa shape index (κ1) is 14.2. The van der Waals surface area contributed by atoms with Crippen molar-refractivity contribution >= 4 is 0 Å². The van der Waals surface area contributed by atoms with Gasteiger partial charge in [-0.05, 0) is 13.3 Å². The van der Waals surface area contributed by atoms with Gasteiger partial charge in [0.2, 0.25) is 0 Å².